The summed E-state index contributed by atoms with van der Waals surface area (Å²) in [5.74, 6) is 1.82. The van der Waals surface area contributed by atoms with Gasteiger partial charge in [-0.3, -0.25) is 0 Å². The minimum atomic E-state index is 0.871. The molecule has 0 spiro atoms. The lowest BCUT2D eigenvalue weighted by molar-refractivity contribution is 0.768. The average Bonchev–Trinajstić information content (AvgIpc) is 2.74. The van der Waals surface area contributed by atoms with Crippen molar-refractivity contribution in [3.63, 3.8) is 0 Å². The van der Waals surface area contributed by atoms with Gasteiger partial charge in [0.15, 0.2) is 0 Å². The van der Waals surface area contributed by atoms with E-state index in [9.17, 15) is 0 Å². The van der Waals surface area contributed by atoms with Gasteiger partial charge in [-0.15, -0.1) is 0 Å². The van der Waals surface area contributed by atoms with Crippen LogP contribution in [0.5, 0.6) is 0 Å². The fourth-order valence-corrected chi connectivity index (χ4v) is 0.976. The largest absolute Gasteiger partial charge is 0.241 e. The third kappa shape index (κ3) is 1.32. The topological polar surface area (TPSA) is 25.8 Å². The van der Waals surface area contributed by atoms with Crippen LogP contribution >= 0.6 is 0 Å². The lowest BCUT2D eigenvalue weighted by Gasteiger charge is -1.92. The molecule has 0 amide bonds. The van der Waals surface area contributed by atoms with Crippen LogP contribution in [0.15, 0.2) is 12.3 Å². The lowest BCUT2D eigenvalue weighted by Crippen LogP contribution is -1.93. The minimum absolute atomic E-state index is 0.871. The van der Waals surface area contributed by atoms with E-state index in [0.717, 1.165) is 18.2 Å². The Morgan fingerprint density at radius 2 is 2.50 bits per heavy atom. The van der Waals surface area contributed by atoms with Gasteiger partial charge in [0.25, 0.3) is 0 Å². The number of aromatic nitrogens is 2. The number of hydrogen-bond donors (Lipinski definition) is 0. The molecule has 1 saturated carbocycles. The van der Waals surface area contributed by atoms with E-state index in [2.05, 4.69) is 16.2 Å². The Labute approximate surface area is 60.3 Å². The predicted molar refractivity (Wildman–Crippen MR) is 37.3 cm³/mol. The molecule has 0 saturated heterocycles. The summed E-state index contributed by atoms with van der Waals surface area (Å²) in [5.41, 5.74) is 0. The monoisotopic (exact) mass is 133 g/mol. The second-order valence-electron chi connectivity index (χ2n) is 2.75. The zero-order valence-corrected chi connectivity index (χ0v) is 5.75. The van der Waals surface area contributed by atoms with Gasteiger partial charge in [-0.1, -0.05) is 0 Å². The van der Waals surface area contributed by atoms with Crippen LogP contribution in [0, 0.1) is 12.1 Å². The first kappa shape index (κ1) is 5.83. The van der Waals surface area contributed by atoms with Crippen LogP contribution in [0.1, 0.15) is 18.7 Å². The Balaban J connectivity index is 2.03. The molecule has 0 bridgehead atoms. The zero-order chi connectivity index (χ0) is 6.81. The highest BCUT2D eigenvalue weighted by molar-refractivity contribution is 4.92. The van der Waals surface area contributed by atoms with Gasteiger partial charge in [0, 0.05) is 12.6 Å². The smallest absolute Gasteiger partial charge is 0.129 e. The van der Waals surface area contributed by atoms with Gasteiger partial charge >= 0.3 is 0 Å². The minimum Gasteiger partial charge on any atom is -0.241 e. The summed E-state index contributed by atoms with van der Waals surface area (Å²) in [6, 6.07) is 1.73. The van der Waals surface area contributed by atoms with E-state index in [1.165, 1.54) is 12.8 Å². The molecule has 1 aromatic heterocycles. The van der Waals surface area contributed by atoms with Crippen molar-refractivity contribution in [1.29, 1.82) is 0 Å². The van der Waals surface area contributed by atoms with Crippen LogP contribution in [0.3, 0.4) is 0 Å². The molecular formula is C8H9N2. The van der Waals surface area contributed by atoms with Crippen LogP contribution in [0.2, 0.25) is 0 Å². The second-order valence-corrected chi connectivity index (χ2v) is 2.75. The molecule has 0 aliphatic heterocycles. The Bertz CT molecular complexity index is 204. The molecule has 1 heterocycles. The molecule has 0 aromatic carbocycles. The molecule has 0 unspecified atom stereocenters. The Kier molecular flexibility index (Phi) is 1.38. The van der Waals surface area contributed by atoms with Crippen molar-refractivity contribution in [3.05, 3.63) is 24.3 Å². The normalized spacial score (nSPS) is 17.2. The molecule has 1 aliphatic carbocycles. The van der Waals surface area contributed by atoms with E-state index in [1.807, 2.05) is 0 Å². The number of rotatable bonds is 2. The van der Waals surface area contributed by atoms with Crippen LogP contribution in [-0.4, -0.2) is 9.97 Å². The van der Waals surface area contributed by atoms with E-state index in [1.54, 1.807) is 12.3 Å². The molecule has 0 N–H and O–H groups in total. The van der Waals surface area contributed by atoms with E-state index in [0.29, 0.717) is 0 Å². The molecule has 0 atom stereocenters. The van der Waals surface area contributed by atoms with Crippen LogP contribution < -0.4 is 0 Å². The second kappa shape index (κ2) is 2.37. The highest BCUT2D eigenvalue weighted by atomic mass is 14.8. The lowest BCUT2D eigenvalue weighted by atomic mass is 10.3. The molecule has 10 heavy (non-hydrogen) atoms. The van der Waals surface area contributed by atoms with Crippen molar-refractivity contribution in [2.45, 2.75) is 19.3 Å². The summed E-state index contributed by atoms with van der Waals surface area (Å²) < 4.78 is 0. The van der Waals surface area contributed by atoms with Gasteiger partial charge in [-0.25, -0.2) is 9.97 Å². The fraction of sp³-hybridized carbons (Fsp3) is 0.500. The standard InChI is InChI=1S/C8H9N2/c1-4-9-8(10-5-1)6-7-2-3-7/h1,4,7H,2-3,6H2. The van der Waals surface area contributed by atoms with E-state index in [4.69, 9.17) is 0 Å². The van der Waals surface area contributed by atoms with Gasteiger partial charge in [-0.2, -0.15) is 0 Å². The van der Waals surface area contributed by atoms with Gasteiger partial charge in [-0.05, 0) is 24.8 Å². The summed E-state index contributed by atoms with van der Waals surface area (Å²) in [4.78, 5) is 8.14. The van der Waals surface area contributed by atoms with Crippen molar-refractivity contribution in [3.8, 4) is 0 Å². The maximum Gasteiger partial charge on any atom is 0.129 e. The highest BCUT2D eigenvalue weighted by Gasteiger charge is 2.22. The van der Waals surface area contributed by atoms with Gasteiger partial charge in [0.05, 0.1) is 6.20 Å². The van der Waals surface area contributed by atoms with Gasteiger partial charge in [0.1, 0.15) is 5.82 Å². The Morgan fingerprint density at radius 1 is 1.60 bits per heavy atom. The summed E-state index contributed by atoms with van der Waals surface area (Å²) in [5, 5.41) is 0. The Hall–Kier alpha value is -0.920. The van der Waals surface area contributed by atoms with Crippen molar-refractivity contribution in [2.24, 2.45) is 5.92 Å². The predicted octanol–water partition coefficient (Wildman–Crippen LogP) is 1.23. The van der Waals surface area contributed by atoms with Gasteiger partial charge < -0.3 is 0 Å². The summed E-state index contributed by atoms with van der Waals surface area (Å²) in [6.45, 7) is 0. The van der Waals surface area contributed by atoms with E-state index < -0.39 is 0 Å². The third-order valence-corrected chi connectivity index (χ3v) is 1.73. The maximum absolute atomic E-state index is 4.12. The van der Waals surface area contributed by atoms with Crippen molar-refractivity contribution in [2.75, 3.05) is 0 Å². The summed E-state index contributed by atoms with van der Waals surface area (Å²) in [7, 11) is 0. The number of hydrogen-bond acceptors (Lipinski definition) is 2. The molecule has 2 heteroatoms. The first-order chi connectivity index (χ1) is 4.95. The fourth-order valence-electron chi connectivity index (χ4n) is 0.976. The van der Waals surface area contributed by atoms with E-state index >= 15 is 0 Å². The summed E-state index contributed by atoms with van der Waals surface area (Å²) in [6.07, 6.45) is 8.31. The Morgan fingerprint density at radius 3 is 3.10 bits per heavy atom. The highest BCUT2D eigenvalue weighted by Crippen LogP contribution is 2.31. The zero-order valence-electron chi connectivity index (χ0n) is 5.75. The molecule has 51 valence electrons. The van der Waals surface area contributed by atoms with Crippen molar-refractivity contribution < 1.29 is 0 Å². The van der Waals surface area contributed by atoms with Crippen LogP contribution in [0.4, 0.5) is 0 Å². The summed E-state index contributed by atoms with van der Waals surface area (Å²) >= 11 is 0. The molecule has 2 nitrogen and oxygen atoms in total. The van der Waals surface area contributed by atoms with E-state index in [-0.39, 0.29) is 0 Å². The quantitative estimate of drug-likeness (QED) is 0.606. The van der Waals surface area contributed by atoms with Crippen LogP contribution in [-0.2, 0) is 6.42 Å². The van der Waals surface area contributed by atoms with Crippen LogP contribution in [0.25, 0.3) is 0 Å². The van der Waals surface area contributed by atoms with Crippen molar-refractivity contribution in [1.82, 2.24) is 9.97 Å². The molecule has 1 aromatic rings. The average molecular weight is 133 g/mol. The number of nitrogens with zero attached hydrogens (tertiary/aromatic N) is 2. The third-order valence-electron chi connectivity index (χ3n) is 1.73. The SMILES string of the molecule is [c]1ccnc(CC2CC2)n1. The maximum atomic E-state index is 4.12. The molecule has 2 rings (SSSR count). The first-order valence-corrected chi connectivity index (χ1v) is 3.63. The van der Waals surface area contributed by atoms with Gasteiger partial charge in [0.2, 0.25) is 0 Å². The molecule has 1 aliphatic rings. The first-order valence-electron chi connectivity index (χ1n) is 3.63. The molecule has 1 fully saturated rings. The molecular weight excluding hydrogens is 124 g/mol. The molecule has 1 radical (unpaired) electrons. The van der Waals surface area contributed by atoms with Crippen molar-refractivity contribution >= 4 is 0 Å².